The van der Waals surface area contributed by atoms with Gasteiger partial charge in [-0.2, -0.15) is 5.10 Å². The van der Waals surface area contributed by atoms with Crippen LogP contribution in [0, 0.1) is 5.82 Å². The van der Waals surface area contributed by atoms with Crippen LogP contribution in [0.4, 0.5) is 4.39 Å². The number of hydrogen-bond donors (Lipinski definition) is 1. The second kappa shape index (κ2) is 9.01. The number of pyridine rings is 1. The van der Waals surface area contributed by atoms with Crippen LogP contribution in [0.5, 0.6) is 5.75 Å². The highest BCUT2D eigenvalue weighted by molar-refractivity contribution is 5.97. The average molecular weight is 500 g/mol. The number of nitrogens with zero attached hydrogens (tertiary/aromatic N) is 4. The molecular formula is C28H26FN5O3. The molecule has 1 fully saturated rings. The minimum atomic E-state index is -0.961. The van der Waals surface area contributed by atoms with Gasteiger partial charge in [0.15, 0.2) is 0 Å². The van der Waals surface area contributed by atoms with Crippen molar-refractivity contribution in [3.63, 3.8) is 0 Å². The highest BCUT2D eigenvalue weighted by atomic mass is 19.1. The summed E-state index contributed by atoms with van der Waals surface area (Å²) >= 11 is 0. The number of fused-ring (bicyclic) bond motifs is 3. The van der Waals surface area contributed by atoms with Crippen molar-refractivity contribution >= 4 is 22.5 Å². The maximum absolute atomic E-state index is 14.6. The summed E-state index contributed by atoms with van der Waals surface area (Å²) in [6.07, 6.45) is 8.33. The zero-order chi connectivity index (χ0) is 25.6. The highest BCUT2D eigenvalue weighted by Gasteiger charge is 2.40. The van der Waals surface area contributed by atoms with Crippen LogP contribution >= 0.6 is 0 Å². The molecular weight excluding hydrogens is 473 g/mol. The van der Waals surface area contributed by atoms with Crippen molar-refractivity contribution in [1.82, 2.24) is 19.2 Å². The van der Waals surface area contributed by atoms with E-state index in [9.17, 15) is 9.18 Å². The van der Waals surface area contributed by atoms with Gasteiger partial charge in [-0.1, -0.05) is 12.1 Å². The molecule has 8 nitrogen and oxygen atoms in total. The van der Waals surface area contributed by atoms with E-state index in [1.54, 1.807) is 16.9 Å². The third kappa shape index (κ3) is 4.11. The number of benzene rings is 2. The number of amides is 1. The molecule has 0 radical (unpaired) electrons. The Morgan fingerprint density at radius 2 is 2.03 bits per heavy atom. The molecule has 0 aliphatic carbocycles. The van der Waals surface area contributed by atoms with Gasteiger partial charge in [-0.15, -0.1) is 0 Å². The van der Waals surface area contributed by atoms with Crippen LogP contribution in [-0.4, -0.2) is 38.3 Å². The Kier molecular flexibility index (Phi) is 5.64. The van der Waals surface area contributed by atoms with Gasteiger partial charge >= 0.3 is 0 Å². The second-order valence-electron chi connectivity index (χ2n) is 9.49. The fraction of sp³-hybridized carbons (Fsp3) is 0.250. The van der Waals surface area contributed by atoms with Crippen molar-refractivity contribution < 1.29 is 18.7 Å². The molecule has 4 heterocycles. The smallest absolute Gasteiger partial charge is 0.228 e. The van der Waals surface area contributed by atoms with Crippen molar-refractivity contribution in [2.75, 3.05) is 13.2 Å². The Labute approximate surface area is 212 Å². The van der Waals surface area contributed by atoms with E-state index in [4.69, 9.17) is 15.2 Å². The lowest BCUT2D eigenvalue weighted by Crippen LogP contribution is -2.45. The Hall–Kier alpha value is -4.24. The molecule has 1 amide bonds. The molecule has 0 spiro atoms. The van der Waals surface area contributed by atoms with E-state index in [-0.39, 0.29) is 6.61 Å². The number of ether oxygens (including phenoxy) is 2. The van der Waals surface area contributed by atoms with E-state index in [2.05, 4.69) is 22.2 Å². The fourth-order valence-corrected chi connectivity index (χ4v) is 5.21. The molecule has 37 heavy (non-hydrogen) atoms. The van der Waals surface area contributed by atoms with Crippen LogP contribution in [0.25, 0.3) is 27.7 Å². The quantitative estimate of drug-likeness (QED) is 0.379. The molecule has 6 rings (SSSR count). The van der Waals surface area contributed by atoms with Crippen molar-refractivity contribution in [3.05, 3.63) is 84.2 Å². The maximum Gasteiger partial charge on any atom is 0.228 e. The first-order valence-electron chi connectivity index (χ1n) is 12.1. The minimum absolute atomic E-state index is 0.221. The van der Waals surface area contributed by atoms with E-state index in [0.717, 1.165) is 33.2 Å². The Morgan fingerprint density at radius 3 is 2.78 bits per heavy atom. The molecule has 0 unspecified atom stereocenters. The number of nitrogens with two attached hydrogens (primary N) is 1. The number of imidazole rings is 1. The number of carbonyl (C=O) groups excluding carboxylic acids is 1. The molecule has 188 valence electrons. The van der Waals surface area contributed by atoms with Crippen LogP contribution in [0.2, 0.25) is 0 Å². The monoisotopic (exact) mass is 499 g/mol. The lowest BCUT2D eigenvalue weighted by Gasteiger charge is -2.34. The number of carbonyl (C=O) groups is 1. The molecule has 2 aromatic carbocycles. The molecule has 0 bridgehead atoms. The first kappa shape index (κ1) is 23.2. The number of hydrogen-bond acceptors (Lipinski definition) is 5. The van der Waals surface area contributed by atoms with E-state index in [1.807, 2.05) is 42.2 Å². The van der Waals surface area contributed by atoms with E-state index in [0.29, 0.717) is 37.4 Å². The van der Waals surface area contributed by atoms with Gasteiger partial charge in [-0.3, -0.25) is 13.9 Å². The van der Waals surface area contributed by atoms with Gasteiger partial charge < -0.3 is 15.2 Å². The predicted molar refractivity (Wildman–Crippen MR) is 137 cm³/mol. The summed E-state index contributed by atoms with van der Waals surface area (Å²) in [6.45, 7) is 1.02. The molecule has 1 saturated heterocycles. The van der Waals surface area contributed by atoms with Crippen molar-refractivity contribution in [1.29, 1.82) is 0 Å². The number of halogens is 1. The van der Waals surface area contributed by atoms with Crippen LogP contribution in [0.3, 0.4) is 0 Å². The zero-order valence-corrected chi connectivity index (χ0v) is 20.4. The normalized spacial score (nSPS) is 15.3. The van der Waals surface area contributed by atoms with Crippen LogP contribution in [-0.2, 0) is 28.6 Å². The summed E-state index contributed by atoms with van der Waals surface area (Å²) < 4.78 is 29.9. The molecule has 1 aliphatic heterocycles. The van der Waals surface area contributed by atoms with Gasteiger partial charge in [-0.25, -0.2) is 9.37 Å². The van der Waals surface area contributed by atoms with Crippen molar-refractivity contribution in [2.45, 2.75) is 24.9 Å². The minimum Gasteiger partial charge on any atom is -0.489 e. The third-order valence-electron chi connectivity index (χ3n) is 7.22. The Morgan fingerprint density at radius 1 is 1.19 bits per heavy atom. The van der Waals surface area contributed by atoms with Crippen molar-refractivity contribution in [2.24, 2.45) is 12.8 Å². The molecule has 9 heteroatoms. The standard InChI is InChI=1S/C28H26FN5O3/c1-33-16-19(15-32-33)24-14-26-31-6-7-34(26)25-10-18(2-3-23(24)25)17-37-22-12-20(11-21(29)13-22)28(27(30)35)4-8-36-9-5-28/h2-3,6-7,10-16H,4-5,8-9,17H2,1H3,(H2,30,35). The second-order valence-corrected chi connectivity index (χ2v) is 9.49. The van der Waals surface area contributed by atoms with E-state index in [1.165, 1.54) is 12.1 Å². The van der Waals surface area contributed by atoms with Crippen LogP contribution in [0.1, 0.15) is 24.0 Å². The summed E-state index contributed by atoms with van der Waals surface area (Å²) in [5, 5.41) is 5.37. The molecule has 2 N–H and O–H groups in total. The highest BCUT2D eigenvalue weighted by Crippen LogP contribution is 2.37. The number of primary amides is 1. The van der Waals surface area contributed by atoms with Crippen LogP contribution in [0.15, 0.2) is 67.3 Å². The van der Waals surface area contributed by atoms with Gasteiger partial charge in [-0.05, 0) is 53.8 Å². The number of aromatic nitrogens is 4. The fourth-order valence-electron chi connectivity index (χ4n) is 5.21. The molecule has 3 aromatic heterocycles. The lowest BCUT2D eigenvalue weighted by atomic mass is 9.73. The van der Waals surface area contributed by atoms with Gasteiger partial charge in [0, 0.05) is 55.9 Å². The molecule has 0 atom stereocenters. The SMILES string of the molecule is Cn1cc(-c2cc3nccn3c3cc(COc4cc(F)cc(C5(C(N)=O)CCOCC5)c4)ccc23)cn1. The van der Waals surface area contributed by atoms with E-state index >= 15 is 0 Å². The molecule has 1 aliphatic rings. The summed E-state index contributed by atoms with van der Waals surface area (Å²) in [4.78, 5) is 16.9. The lowest BCUT2D eigenvalue weighted by molar-refractivity contribution is -0.127. The van der Waals surface area contributed by atoms with Crippen LogP contribution < -0.4 is 10.5 Å². The van der Waals surface area contributed by atoms with Crippen molar-refractivity contribution in [3.8, 4) is 16.9 Å². The number of aryl methyl sites for hydroxylation is 1. The Balaban J connectivity index is 1.33. The summed E-state index contributed by atoms with van der Waals surface area (Å²) in [5.74, 6) is -0.603. The van der Waals surface area contributed by atoms with Gasteiger partial charge in [0.1, 0.15) is 23.8 Å². The Bertz CT molecular complexity index is 1630. The average Bonchev–Trinajstić information content (AvgIpc) is 3.56. The van der Waals surface area contributed by atoms with Gasteiger partial charge in [0.05, 0.1) is 17.1 Å². The zero-order valence-electron chi connectivity index (χ0n) is 20.4. The van der Waals surface area contributed by atoms with Gasteiger partial charge in [0.25, 0.3) is 0 Å². The largest absolute Gasteiger partial charge is 0.489 e. The molecule has 0 saturated carbocycles. The third-order valence-corrected chi connectivity index (χ3v) is 7.22. The maximum atomic E-state index is 14.6. The first-order chi connectivity index (χ1) is 17.9. The van der Waals surface area contributed by atoms with E-state index < -0.39 is 17.1 Å². The summed E-state index contributed by atoms with van der Waals surface area (Å²) in [6, 6.07) is 12.6. The first-order valence-corrected chi connectivity index (χ1v) is 12.1. The predicted octanol–water partition coefficient (Wildman–Crippen LogP) is 4.14. The summed E-state index contributed by atoms with van der Waals surface area (Å²) in [5.41, 5.74) is 10.1. The topological polar surface area (TPSA) is 96.7 Å². The summed E-state index contributed by atoms with van der Waals surface area (Å²) in [7, 11) is 1.89. The van der Waals surface area contributed by atoms with Gasteiger partial charge in [0.2, 0.25) is 5.91 Å². The number of rotatable bonds is 6. The molecule has 5 aromatic rings.